The number of esters is 1. The number of carbonyl (C=O) groups is 2. The van der Waals surface area contributed by atoms with Gasteiger partial charge in [-0.1, -0.05) is 43.6 Å². The number of methoxy groups -OCH3 is 1. The maximum atomic E-state index is 12.5. The molecular formula is C21H24ClNO4. The summed E-state index contributed by atoms with van der Waals surface area (Å²) in [5.41, 5.74) is 2.32. The van der Waals surface area contributed by atoms with E-state index in [-0.39, 0.29) is 12.5 Å². The molecule has 27 heavy (non-hydrogen) atoms. The molecule has 0 unspecified atom stereocenters. The summed E-state index contributed by atoms with van der Waals surface area (Å²) < 4.78 is 10.5. The summed E-state index contributed by atoms with van der Waals surface area (Å²) in [6.07, 6.45) is 0. The topological polar surface area (TPSA) is 64.6 Å². The molecule has 0 aliphatic rings. The van der Waals surface area contributed by atoms with E-state index in [1.54, 1.807) is 36.4 Å². The maximum absolute atomic E-state index is 12.5. The Morgan fingerprint density at radius 3 is 2.37 bits per heavy atom. The van der Waals surface area contributed by atoms with Gasteiger partial charge in [-0.25, -0.2) is 0 Å². The second kappa shape index (κ2) is 9.42. The highest BCUT2D eigenvalue weighted by molar-refractivity contribution is 6.30. The Balaban J connectivity index is 2.01. The van der Waals surface area contributed by atoms with Crippen LogP contribution in [0.5, 0.6) is 5.75 Å². The zero-order valence-electron chi connectivity index (χ0n) is 15.9. The minimum Gasteiger partial charge on any atom is -0.495 e. The van der Waals surface area contributed by atoms with Crippen molar-refractivity contribution in [2.24, 2.45) is 5.92 Å². The van der Waals surface area contributed by atoms with E-state index in [0.717, 1.165) is 11.1 Å². The Hall–Kier alpha value is -2.53. The van der Waals surface area contributed by atoms with Crippen molar-refractivity contribution in [1.82, 2.24) is 0 Å². The molecule has 0 aliphatic carbocycles. The van der Waals surface area contributed by atoms with Crippen LogP contribution in [0.3, 0.4) is 0 Å². The maximum Gasteiger partial charge on any atom is 0.314 e. The van der Waals surface area contributed by atoms with E-state index in [9.17, 15) is 9.59 Å². The zero-order valence-corrected chi connectivity index (χ0v) is 16.7. The number of rotatable bonds is 7. The van der Waals surface area contributed by atoms with Gasteiger partial charge in [-0.05, 0) is 48.2 Å². The molecule has 1 amide bonds. The van der Waals surface area contributed by atoms with Crippen LogP contribution < -0.4 is 10.1 Å². The SMILES string of the molecule is COc1ccc(C)cc1NC(=O)COC(=O)[C@@H](c1ccc(Cl)cc1)C(C)C. The lowest BCUT2D eigenvalue weighted by molar-refractivity contribution is -0.149. The lowest BCUT2D eigenvalue weighted by Crippen LogP contribution is -2.26. The summed E-state index contributed by atoms with van der Waals surface area (Å²) in [7, 11) is 1.53. The molecular weight excluding hydrogens is 366 g/mol. The fraction of sp³-hybridized carbons (Fsp3) is 0.333. The highest BCUT2D eigenvalue weighted by atomic mass is 35.5. The van der Waals surface area contributed by atoms with E-state index in [1.165, 1.54) is 7.11 Å². The van der Waals surface area contributed by atoms with Gasteiger partial charge in [-0.3, -0.25) is 9.59 Å². The van der Waals surface area contributed by atoms with Gasteiger partial charge in [0.2, 0.25) is 0 Å². The van der Waals surface area contributed by atoms with E-state index in [0.29, 0.717) is 16.5 Å². The highest BCUT2D eigenvalue weighted by Crippen LogP contribution is 2.28. The Bertz CT molecular complexity index is 802. The van der Waals surface area contributed by atoms with E-state index < -0.39 is 17.8 Å². The number of aryl methyl sites for hydroxylation is 1. The summed E-state index contributed by atoms with van der Waals surface area (Å²) in [5, 5.41) is 3.31. The van der Waals surface area contributed by atoms with Crippen molar-refractivity contribution in [2.75, 3.05) is 19.0 Å². The van der Waals surface area contributed by atoms with E-state index in [2.05, 4.69) is 5.32 Å². The molecule has 2 aromatic rings. The minimum absolute atomic E-state index is 0.0126. The third kappa shape index (κ3) is 5.73. The molecule has 0 heterocycles. The summed E-state index contributed by atoms with van der Waals surface area (Å²) in [4.78, 5) is 24.8. The third-order valence-corrected chi connectivity index (χ3v) is 4.38. The number of nitrogens with one attached hydrogen (secondary N) is 1. The molecule has 0 bridgehead atoms. The zero-order chi connectivity index (χ0) is 20.0. The fourth-order valence-corrected chi connectivity index (χ4v) is 2.92. The van der Waals surface area contributed by atoms with Crippen LogP contribution >= 0.6 is 11.6 Å². The number of hydrogen-bond donors (Lipinski definition) is 1. The second-order valence-corrected chi connectivity index (χ2v) is 7.07. The first kappa shape index (κ1) is 20.8. The van der Waals surface area contributed by atoms with Gasteiger partial charge in [-0.15, -0.1) is 0 Å². The first-order valence-corrected chi connectivity index (χ1v) is 9.06. The molecule has 6 heteroatoms. The van der Waals surface area contributed by atoms with Crippen LogP contribution in [0.1, 0.15) is 30.9 Å². The number of benzene rings is 2. The van der Waals surface area contributed by atoms with E-state index in [4.69, 9.17) is 21.1 Å². The van der Waals surface area contributed by atoms with Gasteiger partial charge in [0.05, 0.1) is 18.7 Å². The van der Waals surface area contributed by atoms with Gasteiger partial charge in [-0.2, -0.15) is 0 Å². The minimum atomic E-state index is -0.469. The molecule has 0 aromatic heterocycles. The number of hydrogen-bond acceptors (Lipinski definition) is 4. The molecule has 1 atom stereocenters. The number of carbonyl (C=O) groups excluding carboxylic acids is 2. The molecule has 0 fully saturated rings. The number of ether oxygens (including phenoxy) is 2. The predicted octanol–water partition coefficient (Wildman–Crippen LogP) is 4.58. The third-order valence-electron chi connectivity index (χ3n) is 4.12. The summed E-state index contributed by atoms with van der Waals surface area (Å²) in [6, 6.07) is 12.5. The summed E-state index contributed by atoms with van der Waals surface area (Å²) in [6.45, 7) is 5.40. The molecule has 5 nitrogen and oxygen atoms in total. The molecule has 2 aromatic carbocycles. The fourth-order valence-electron chi connectivity index (χ4n) is 2.80. The van der Waals surface area contributed by atoms with Crippen molar-refractivity contribution in [1.29, 1.82) is 0 Å². The lowest BCUT2D eigenvalue weighted by atomic mass is 9.88. The van der Waals surface area contributed by atoms with Gasteiger partial charge in [0.25, 0.3) is 5.91 Å². The first-order chi connectivity index (χ1) is 12.8. The molecule has 0 spiro atoms. The Morgan fingerprint density at radius 2 is 1.78 bits per heavy atom. The monoisotopic (exact) mass is 389 g/mol. The molecule has 0 saturated carbocycles. The van der Waals surface area contributed by atoms with Crippen LogP contribution in [0.15, 0.2) is 42.5 Å². The van der Waals surface area contributed by atoms with Crippen LogP contribution in [0.4, 0.5) is 5.69 Å². The van der Waals surface area contributed by atoms with Crippen LogP contribution in [0.2, 0.25) is 5.02 Å². The van der Waals surface area contributed by atoms with Crippen LogP contribution in [-0.2, 0) is 14.3 Å². The molecule has 0 aliphatic heterocycles. The largest absolute Gasteiger partial charge is 0.495 e. The standard InChI is InChI=1S/C21H24ClNO4/c1-13(2)20(15-6-8-16(22)9-7-15)21(25)27-12-19(24)23-17-11-14(3)5-10-18(17)26-4/h5-11,13,20H,12H2,1-4H3,(H,23,24)/t20-/m1/s1. The Labute approximate surface area is 164 Å². The number of halogens is 1. The van der Waals surface area contributed by atoms with Gasteiger partial charge >= 0.3 is 5.97 Å². The lowest BCUT2D eigenvalue weighted by Gasteiger charge is -2.20. The van der Waals surface area contributed by atoms with Crippen molar-refractivity contribution >= 4 is 29.2 Å². The van der Waals surface area contributed by atoms with Crippen molar-refractivity contribution in [3.63, 3.8) is 0 Å². The van der Waals surface area contributed by atoms with Gasteiger partial charge in [0.1, 0.15) is 5.75 Å². The molecule has 0 saturated heterocycles. The Morgan fingerprint density at radius 1 is 1.11 bits per heavy atom. The van der Waals surface area contributed by atoms with Gasteiger partial charge in [0, 0.05) is 5.02 Å². The van der Waals surface area contributed by atoms with Gasteiger partial charge in [0.15, 0.2) is 6.61 Å². The van der Waals surface area contributed by atoms with Crippen molar-refractivity contribution in [3.05, 3.63) is 58.6 Å². The summed E-state index contributed by atoms with van der Waals surface area (Å²) in [5.74, 6) is -0.784. The Kier molecular flexibility index (Phi) is 7.25. The number of anilines is 1. The molecule has 2 rings (SSSR count). The predicted molar refractivity (Wildman–Crippen MR) is 106 cm³/mol. The van der Waals surface area contributed by atoms with Crippen molar-refractivity contribution in [2.45, 2.75) is 26.7 Å². The second-order valence-electron chi connectivity index (χ2n) is 6.63. The number of amides is 1. The molecule has 144 valence electrons. The van der Waals surface area contributed by atoms with Crippen LogP contribution in [-0.4, -0.2) is 25.6 Å². The van der Waals surface area contributed by atoms with Gasteiger partial charge < -0.3 is 14.8 Å². The first-order valence-electron chi connectivity index (χ1n) is 8.68. The average molecular weight is 390 g/mol. The average Bonchev–Trinajstić information content (AvgIpc) is 2.62. The molecule has 1 N–H and O–H groups in total. The normalized spacial score (nSPS) is 11.8. The van der Waals surface area contributed by atoms with Crippen molar-refractivity contribution in [3.8, 4) is 5.75 Å². The summed E-state index contributed by atoms with van der Waals surface area (Å²) >= 11 is 5.91. The smallest absolute Gasteiger partial charge is 0.314 e. The quantitative estimate of drug-likeness (QED) is 0.704. The van der Waals surface area contributed by atoms with Crippen LogP contribution in [0, 0.1) is 12.8 Å². The molecule has 0 radical (unpaired) electrons. The van der Waals surface area contributed by atoms with E-state index >= 15 is 0 Å². The highest BCUT2D eigenvalue weighted by Gasteiger charge is 2.26. The van der Waals surface area contributed by atoms with Crippen LogP contribution in [0.25, 0.3) is 0 Å². The van der Waals surface area contributed by atoms with E-state index in [1.807, 2.05) is 26.8 Å². The van der Waals surface area contributed by atoms with Crippen molar-refractivity contribution < 1.29 is 19.1 Å².